The van der Waals surface area contributed by atoms with E-state index in [1.807, 2.05) is 0 Å². The Labute approximate surface area is 61.8 Å². The molecule has 2 aliphatic carbocycles. The van der Waals surface area contributed by atoms with Crippen LogP contribution in [-0.4, -0.2) is 5.78 Å². The molecule has 2 rings (SSSR count). The van der Waals surface area contributed by atoms with Crippen LogP contribution in [0.2, 0.25) is 0 Å². The summed E-state index contributed by atoms with van der Waals surface area (Å²) in [5, 5.41) is 0. The standard InChI is InChI=1S/C9H14O/c1-6-2-7-4-9(10)5-8(7)3-6/h6-8H,2-5H2,1H3. The molecule has 0 amide bonds. The van der Waals surface area contributed by atoms with Gasteiger partial charge in [-0.25, -0.2) is 0 Å². The molecular weight excluding hydrogens is 124 g/mol. The van der Waals surface area contributed by atoms with Gasteiger partial charge in [0.2, 0.25) is 0 Å². The summed E-state index contributed by atoms with van der Waals surface area (Å²) in [6.07, 6.45) is 4.43. The van der Waals surface area contributed by atoms with Crippen molar-refractivity contribution in [3.63, 3.8) is 0 Å². The van der Waals surface area contributed by atoms with E-state index in [0.29, 0.717) is 5.78 Å². The minimum absolute atomic E-state index is 0.516. The van der Waals surface area contributed by atoms with Gasteiger partial charge in [0.15, 0.2) is 0 Å². The van der Waals surface area contributed by atoms with Crippen LogP contribution in [0.25, 0.3) is 0 Å². The van der Waals surface area contributed by atoms with Crippen LogP contribution in [0.1, 0.15) is 32.6 Å². The third-order valence-electron chi connectivity index (χ3n) is 3.06. The number of rotatable bonds is 0. The largest absolute Gasteiger partial charge is 0.300 e. The molecule has 0 radical (unpaired) electrons. The fourth-order valence-electron chi connectivity index (χ4n) is 2.68. The fraction of sp³-hybridized carbons (Fsp3) is 0.889. The average molecular weight is 138 g/mol. The van der Waals surface area contributed by atoms with E-state index in [4.69, 9.17) is 0 Å². The van der Waals surface area contributed by atoms with E-state index in [-0.39, 0.29) is 0 Å². The van der Waals surface area contributed by atoms with E-state index >= 15 is 0 Å². The van der Waals surface area contributed by atoms with Gasteiger partial charge in [0.25, 0.3) is 0 Å². The Kier molecular flexibility index (Phi) is 1.33. The first-order valence-electron chi connectivity index (χ1n) is 4.27. The highest BCUT2D eigenvalue weighted by Crippen LogP contribution is 2.44. The Morgan fingerprint density at radius 1 is 1.20 bits per heavy atom. The predicted molar refractivity (Wildman–Crippen MR) is 39.6 cm³/mol. The summed E-state index contributed by atoms with van der Waals surface area (Å²) in [5.41, 5.74) is 0. The van der Waals surface area contributed by atoms with Crippen molar-refractivity contribution in [1.82, 2.24) is 0 Å². The molecule has 2 atom stereocenters. The van der Waals surface area contributed by atoms with E-state index in [1.165, 1.54) is 12.8 Å². The smallest absolute Gasteiger partial charge is 0.133 e. The lowest BCUT2D eigenvalue weighted by molar-refractivity contribution is -0.117. The van der Waals surface area contributed by atoms with Crippen molar-refractivity contribution in [3.05, 3.63) is 0 Å². The molecule has 2 saturated carbocycles. The predicted octanol–water partition coefficient (Wildman–Crippen LogP) is 2.01. The quantitative estimate of drug-likeness (QED) is 0.500. The number of Topliss-reactive ketones (excluding diaryl/α,β-unsaturated/α-hetero) is 1. The van der Waals surface area contributed by atoms with Crippen molar-refractivity contribution in [2.75, 3.05) is 0 Å². The van der Waals surface area contributed by atoms with Gasteiger partial charge in [-0.15, -0.1) is 0 Å². The van der Waals surface area contributed by atoms with E-state index in [2.05, 4.69) is 6.92 Å². The highest BCUT2D eigenvalue weighted by molar-refractivity contribution is 5.81. The van der Waals surface area contributed by atoms with Gasteiger partial charge in [-0.2, -0.15) is 0 Å². The number of carbonyl (C=O) groups is 1. The molecule has 10 heavy (non-hydrogen) atoms. The van der Waals surface area contributed by atoms with E-state index in [9.17, 15) is 4.79 Å². The molecule has 0 aromatic rings. The van der Waals surface area contributed by atoms with E-state index in [1.54, 1.807) is 0 Å². The number of hydrogen-bond acceptors (Lipinski definition) is 1. The Morgan fingerprint density at radius 2 is 1.70 bits per heavy atom. The Morgan fingerprint density at radius 3 is 2.20 bits per heavy atom. The fourth-order valence-corrected chi connectivity index (χ4v) is 2.68. The zero-order valence-corrected chi connectivity index (χ0v) is 6.47. The third-order valence-corrected chi connectivity index (χ3v) is 3.06. The summed E-state index contributed by atoms with van der Waals surface area (Å²) in [6, 6.07) is 0. The summed E-state index contributed by atoms with van der Waals surface area (Å²) in [7, 11) is 0. The lowest BCUT2D eigenvalue weighted by Gasteiger charge is -2.03. The summed E-state index contributed by atoms with van der Waals surface area (Å²) in [4.78, 5) is 11.0. The number of ketones is 1. The Bertz CT molecular complexity index is 146. The maximum atomic E-state index is 11.0. The average Bonchev–Trinajstić information content (AvgIpc) is 2.21. The van der Waals surface area contributed by atoms with Crippen molar-refractivity contribution < 1.29 is 4.79 Å². The lowest BCUT2D eigenvalue weighted by Crippen LogP contribution is -1.95. The van der Waals surface area contributed by atoms with Gasteiger partial charge in [-0.05, 0) is 30.6 Å². The summed E-state index contributed by atoms with van der Waals surface area (Å²) in [6.45, 7) is 2.31. The molecule has 2 fully saturated rings. The summed E-state index contributed by atoms with van der Waals surface area (Å²) < 4.78 is 0. The van der Waals surface area contributed by atoms with Crippen molar-refractivity contribution >= 4 is 5.78 Å². The van der Waals surface area contributed by atoms with Gasteiger partial charge in [0.1, 0.15) is 5.78 Å². The molecule has 0 aliphatic heterocycles. The normalized spacial score (nSPS) is 46.1. The van der Waals surface area contributed by atoms with E-state index in [0.717, 1.165) is 30.6 Å². The minimum Gasteiger partial charge on any atom is -0.300 e. The molecule has 0 spiro atoms. The van der Waals surface area contributed by atoms with Gasteiger partial charge < -0.3 is 0 Å². The first kappa shape index (κ1) is 6.38. The molecular formula is C9H14O. The molecule has 1 heteroatoms. The Hall–Kier alpha value is -0.330. The minimum atomic E-state index is 0.516. The van der Waals surface area contributed by atoms with Crippen LogP contribution in [0.15, 0.2) is 0 Å². The second-order valence-corrected chi connectivity index (χ2v) is 4.04. The molecule has 2 unspecified atom stereocenters. The topological polar surface area (TPSA) is 17.1 Å². The third kappa shape index (κ3) is 0.882. The SMILES string of the molecule is CC1CC2CC(=O)CC2C1. The zero-order chi connectivity index (χ0) is 7.14. The zero-order valence-electron chi connectivity index (χ0n) is 6.47. The first-order valence-corrected chi connectivity index (χ1v) is 4.27. The van der Waals surface area contributed by atoms with Gasteiger partial charge in [-0.3, -0.25) is 4.79 Å². The molecule has 0 aromatic carbocycles. The number of hydrogen-bond donors (Lipinski definition) is 0. The molecule has 0 bridgehead atoms. The van der Waals surface area contributed by atoms with Crippen LogP contribution >= 0.6 is 0 Å². The summed E-state index contributed by atoms with van der Waals surface area (Å²) in [5.74, 6) is 2.97. The molecule has 2 aliphatic rings. The Balaban J connectivity index is 2.06. The molecule has 56 valence electrons. The number of fused-ring (bicyclic) bond motifs is 1. The molecule has 0 aromatic heterocycles. The second-order valence-electron chi connectivity index (χ2n) is 4.04. The molecule has 0 N–H and O–H groups in total. The molecule has 0 saturated heterocycles. The molecule has 0 heterocycles. The second kappa shape index (κ2) is 2.08. The number of carbonyl (C=O) groups excluding carboxylic acids is 1. The van der Waals surface area contributed by atoms with Crippen LogP contribution in [0.5, 0.6) is 0 Å². The van der Waals surface area contributed by atoms with Crippen LogP contribution in [0.4, 0.5) is 0 Å². The summed E-state index contributed by atoms with van der Waals surface area (Å²) >= 11 is 0. The highest BCUT2D eigenvalue weighted by atomic mass is 16.1. The van der Waals surface area contributed by atoms with Crippen LogP contribution in [0.3, 0.4) is 0 Å². The van der Waals surface area contributed by atoms with Crippen LogP contribution in [-0.2, 0) is 4.79 Å². The highest BCUT2D eigenvalue weighted by Gasteiger charge is 2.39. The van der Waals surface area contributed by atoms with Gasteiger partial charge in [-0.1, -0.05) is 6.92 Å². The van der Waals surface area contributed by atoms with Crippen LogP contribution in [0, 0.1) is 17.8 Å². The first-order chi connectivity index (χ1) is 4.75. The van der Waals surface area contributed by atoms with Crippen molar-refractivity contribution in [2.24, 2.45) is 17.8 Å². The van der Waals surface area contributed by atoms with Crippen molar-refractivity contribution in [1.29, 1.82) is 0 Å². The monoisotopic (exact) mass is 138 g/mol. The lowest BCUT2D eigenvalue weighted by atomic mass is 10.0. The van der Waals surface area contributed by atoms with Gasteiger partial charge in [0.05, 0.1) is 0 Å². The van der Waals surface area contributed by atoms with Gasteiger partial charge in [0, 0.05) is 12.8 Å². The van der Waals surface area contributed by atoms with Crippen molar-refractivity contribution in [2.45, 2.75) is 32.6 Å². The van der Waals surface area contributed by atoms with Gasteiger partial charge >= 0.3 is 0 Å². The van der Waals surface area contributed by atoms with Crippen molar-refractivity contribution in [3.8, 4) is 0 Å². The maximum absolute atomic E-state index is 11.0. The van der Waals surface area contributed by atoms with Crippen LogP contribution < -0.4 is 0 Å². The maximum Gasteiger partial charge on any atom is 0.133 e. The van der Waals surface area contributed by atoms with E-state index < -0.39 is 0 Å². The molecule has 1 nitrogen and oxygen atoms in total.